The van der Waals surface area contributed by atoms with Crippen molar-refractivity contribution in [3.05, 3.63) is 36.2 Å². The Morgan fingerprint density at radius 2 is 2.12 bits per heavy atom. The van der Waals surface area contributed by atoms with Crippen LogP contribution in [0.1, 0.15) is 29.8 Å². The number of nitrogens with zero attached hydrogens (tertiary/aromatic N) is 4. The minimum absolute atomic E-state index is 0.0820. The highest BCUT2D eigenvalue weighted by atomic mass is 16.4. The summed E-state index contributed by atoms with van der Waals surface area (Å²) in [6, 6.07) is 7.06. The Bertz CT molecular complexity index is 816. The van der Waals surface area contributed by atoms with Crippen molar-refractivity contribution in [3.8, 4) is 0 Å². The first kappa shape index (κ1) is 16.6. The van der Waals surface area contributed by atoms with Crippen molar-refractivity contribution in [3.63, 3.8) is 0 Å². The number of hydrogen-bond donors (Lipinski definition) is 2. The van der Waals surface area contributed by atoms with Gasteiger partial charge in [0.2, 0.25) is 11.8 Å². The SMILES string of the molecule is O=C(Cn1cc(C(=O)O)nn1)Nc1cccc(N2CCCCC2=O)c1. The number of piperidine rings is 1. The van der Waals surface area contributed by atoms with Gasteiger partial charge in [-0.1, -0.05) is 11.3 Å². The molecule has 0 spiro atoms. The number of carboxylic acids is 1. The van der Waals surface area contributed by atoms with Crippen LogP contribution in [0.3, 0.4) is 0 Å². The Morgan fingerprint density at radius 1 is 1.28 bits per heavy atom. The number of carboxylic acid groups (broad SMARTS) is 1. The van der Waals surface area contributed by atoms with Crippen molar-refractivity contribution in [2.24, 2.45) is 0 Å². The van der Waals surface area contributed by atoms with Gasteiger partial charge in [0.25, 0.3) is 0 Å². The Hall–Kier alpha value is -3.23. The predicted octanol–water partition coefficient (Wildman–Crippen LogP) is 1.13. The first-order valence-corrected chi connectivity index (χ1v) is 7.86. The number of anilines is 2. The number of hydrogen-bond acceptors (Lipinski definition) is 5. The van der Waals surface area contributed by atoms with E-state index in [9.17, 15) is 14.4 Å². The summed E-state index contributed by atoms with van der Waals surface area (Å²) in [5.74, 6) is -1.49. The van der Waals surface area contributed by atoms with E-state index >= 15 is 0 Å². The van der Waals surface area contributed by atoms with E-state index < -0.39 is 5.97 Å². The van der Waals surface area contributed by atoms with Crippen molar-refractivity contribution in [2.45, 2.75) is 25.8 Å². The maximum Gasteiger partial charge on any atom is 0.358 e. The van der Waals surface area contributed by atoms with Crippen molar-refractivity contribution in [1.82, 2.24) is 15.0 Å². The van der Waals surface area contributed by atoms with Crippen molar-refractivity contribution < 1.29 is 19.5 Å². The first-order valence-electron chi connectivity index (χ1n) is 7.86. The van der Waals surface area contributed by atoms with Gasteiger partial charge in [0.15, 0.2) is 5.69 Å². The van der Waals surface area contributed by atoms with Crippen LogP contribution in [0.15, 0.2) is 30.5 Å². The van der Waals surface area contributed by atoms with E-state index in [2.05, 4.69) is 15.6 Å². The van der Waals surface area contributed by atoms with Crippen LogP contribution in [-0.2, 0) is 16.1 Å². The van der Waals surface area contributed by atoms with E-state index in [0.29, 0.717) is 18.7 Å². The Balaban J connectivity index is 1.65. The fourth-order valence-electron chi connectivity index (χ4n) is 2.65. The van der Waals surface area contributed by atoms with E-state index in [0.717, 1.165) is 23.2 Å². The highest BCUT2D eigenvalue weighted by Crippen LogP contribution is 2.23. The molecule has 0 radical (unpaired) electrons. The second-order valence-corrected chi connectivity index (χ2v) is 5.71. The van der Waals surface area contributed by atoms with Crippen LogP contribution in [0, 0.1) is 0 Å². The topological polar surface area (TPSA) is 117 Å². The molecule has 9 nitrogen and oxygen atoms in total. The molecule has 1 aliphatic heterocycles. The first-order chi connectivity index (χ1) is 12.0. The number of benzene rings is 1. The average molecular weight is 343 g/mol. The van der Waals surface area contributed by atoms with Gasteiger partial charge in [0.1, 0.15) is 6.54 Å². The molecule has 2 aromatic rings. The predicted molar refractivity (Wildman–Crippen MR) is 88.3 cm³/mol. The number of carbonyl (C=O) groups is 3. The summed E-state index contributed by atoms with van der Waals surface area (Å²) < 4.78 is 1.15. The lowest BCUT2D eigenvalue weighted by atomic mass is 10.1. The molecule has 0 aliphatic carbocycles. The minimum atomic E-state index is -1.20. The maximum absolute atomic E-state index is 12.1. The standard InChI is InChI=1S/C16H17N5O4/c22-14(10-20-9-13(16(24)25)18-19-20)17-11-4-3-5-12(8-11)21-7-2-1-6-15(21)23/h3-5,8-9H,1-2,6-7,10H2,(H,17,22)(H,24,25). The quantitative estimate of drug-likeness (QED) is 0.840. The summed E-state index contributed by atoms with van der Waals surface area (Å²) in [6.45, 7) is 0.514. The van der Waals surface area contributed by atoms with Gasteiger partial charge in [-0.25, -0.2) is 9.48 Å². The van der Waals surface area contributed by atoms with Crippen LogP contribution < -0.4 is 10.2 Å². The minimum Gasteiger partial charge on any atom is -0.476 e. The van der Waals surface area contributed by atoms with Gasteiger partial charge >= 0.3 is 5.97 Å². The molecule has 1 aromatic heterocycles. The van der Waals surface area contributed by atoms with E-state index in [1.54, 1.807) is 23.1 Å². The zero-order valence-corrected chi connectivity index (χ0v) is 13.4. The molecular formula is C16H17N5O4. The Morgan fingerprint density at radius 3 is 2.84 bits per heavy atom. The van der Waals surface area contributed by atoms with E-state index in [4.69, 9.17) is 5.11 Å². The summed E-state index contributed by atoms with van der Waals surface area (Å²) in [4.78, 5) is 36.6. The van der Waals surface area contributed by atoms with Gasteiger partial charge in [-0.3, -0.25) is 9.59 Å². The van der Waals surface area contributed by atoms with Crippen LogP contribution in [0.25, 0.3) is 0 Å². The van der Waals surface area contributed by atoms with Crippen LogP contribution >= 0.6 is 0 Å². The zero-order valence-electron chi connectivity index (χ0n) is 13.4. The van der Waals surface area contributed by atoms with E-state index in [1.807, 2.05) is 6.07 Å². The lowest BCUT2D eigenvalue weighted by Crippen LogP contribution is -2.35. The second kappa shape index (κ2) is 7.12. The van der Waals surface area contributed by atoms with Gasteiger partial charge in [-0.05, 0) is 31.0 Å². The summed E-state index contributed by atoms with van der Waals surface area (Å²) in [5, 5.41) is 18.5. The molecule has 1 aromatic carbocycles. The van der Waals surface area contributed by atoms with Crippen LogP contribution in [0.4, 0.5) is 11.4 Å². The summed E-state index contributed by atoms with van der Waals surface area (Å²) >= 11 is 0. The van der Waals surface area contributed by atoms with E-state index in [-0.39, 0.29) is 24.1 Å². The fraction of sp³-hybridized carbons (Fsp3) is 0.312. The number of aromatic nitrogens is 3. The number of rotatable bonds is 5. The molecule has 0 atom stereocenters. The molecule has 2 amide bonds. The van der Waals surface area contributed by atoms with Gasteiger partial charge in [-0.15, -0.1) is 5.10 Å². The molecule has 2 heterocycles. The zero-order chi connectivity index (χ0) is 17.8. The molecule has 1 aliphatic rings. The number of aromatic carboxylic acids is 1. The second-order valence-electron chi connectivity index (χ2n) is 5.71. The molecule has 2 N–H and O–H groups in total. The summed E-state index contributed by atoms with van der Waals surface area (Å²) in [7, 11) is 0. The van der Waals surface area contributed by atoms with Crippen LogP contribution in [0.5, 0.6) is 0 Å². The smallest absolute Gasteiger partial charge is 0.358 e. The lowest BCUT2D eigenvalue weighted by Gasteiger charge is -2.27. The van der Waals surface area contributed by atoms with Gasteiger partial charge in [-0.2, -0.15) is 0 Å². The fourth-order valence-corrected chi connectivity index (χ4v) is 2.65. The monoisotopic (exact) mass is 343 g/mol. The Kier molecular flexibility index (Phi) is 4.73. The normalized spacial score (nSPS) is 14.4. The molecule has 3 rings (SSSR count). The molecule has 25 heavy (non-hydrogen) atoms. The van der Waals surface area contributed by atoms with Crippen molar-refractivity contribution >= 4 is 29.2 Å². The molecule has 1 saturated heterocycles. The third-order valence-corrected chi connectivity index (χ3v) is 3.83. The number of nitrogens with one attached hydrogen (secondary N) is 1. The molecule has 0 saturated carbocycles. The highest BCUT2D eigenvalue weighted by Gasteiger charge is 2.20. The number of carbonyl (C=O) groups excluding carboxylic acids is 2. The summed E-state index contributed by atoms with van der Waals surface area (Å²) in [5.41, 5.74) is 1.08. The highest BCUT2D eigenvalue weighted by molar-refractivity contribution is 5.96. The molecule has 0 bridgehead atoms. The van der Waals surface area contributed by atoms with Crippen LogP contribution in [-0.4, -0.2) is 44.4 Å². The molecule has 130 valence electrons. The lowest BCUT2D eigenvalue weighted by molar-refractivity contribution is -0.119. The third kappa shape index (κ3) is 4.00. The molecule has 0 unspecified atom stereocenters. The largest absolute Gasteiger partial charge is 0.476 e. The average Bonchev–Trinajstić information content (AvgIpc) is 3.04. The molecule has 9 heteroatoms. The maximum atomic E-state index is 12.1. The Labute approximate surface area is 143 Å². The van der Waals surface area contributed by atoms with Gasteiger partial charge in [0, 0.05) is 24.3 Å². The van der Waals surface area contributed by atoms with Crippen molar-refractivity contribution in [2.75, 3.05) is 16.8 Å². The van der Waals surface area contributed by atoms with E-state index in [1.165, 1.54) is 6.20 Å². The summed E-state index contributed by atoms with van der Waals surface area (Å²) in [6.07, 6.45) is 3.59. The molecule has 1 fully saturated rings. The number of amides is 2. The third-order valence-electron chi connectivity index (χ3n) is 3.83. The molecular weight excluding hydrogens is 326 g/mol. The van der Waals surface area contributed by atoms with Gasteiger partial charge < -0.3 is 15.3 Å². The van der Waals surface area contributed by atoms with Crippen LogP contribution in [0.2, 0.25) is 0 Å². The van der Waals surface area contributed by atoms with Crippen molar-refractivity contribution in [1.29, 1.82) is 0 Å². The van der Waals surface area contributed by atoms with Gasteiger partial charge in [0.05, 0.1) is 6.20 Å².